The van der Waals surface area contributed by atoms with Crippen LogP contribution >= 0.6 is 27.3 Å². The SMILES string of the molecule is CCc1sc(C(=O)NNC(=O)c2cc(F)ccc2Br)cc1C. The Balaban J connectivity index is 2.04. The van der Waals surface area contributed by atoms with E-state index in [9.17, 15) is 14.0 Å². The molecule has 0 aliphatic rings. The zero-order valence-corrected chi connectivity index (χ0v) is 14.4. The van der Waals surface area contributed by atoms with E-state index in [4.69, 9.17) is 0 Å². The summed E-state index contributed by atoms with van der Waals surface area (Å²) in [7, 11) is 0. The number of hydrogen-bond acceptors (Lipinski definition) is 3. The Kier molecular flexibility index (Phi) is 5.31. The van der Waals surface area contributed by atoms with Crippen LogP contribution < -0.4 is 10.9 Å². The molecule has 0 aliphatic heterocycles. The van der Waals surface area contributed by atoms with Gasteiger partial charge in [0.2, 0.25) is 0 Å². The topological polar surface area (TPSA) is 58.2 Å². The van der Waals surface area contributed by atoms with Crippen molar-refractivity contribution in [1.29, 1.82) is 0 Å². The summed E-state index contributed by atoms with van der Waals surface area (Å²) in [6.45, 7) is 3.96. The maximum absolute atomic E-state index is 13.2. The Hall–Kier alpha value is -1.73. The normalized spacial score (nSPS) is 10.4. The van der Waals surface area contributed by atoms with Crippen LogP contribution in [0.3, 0.4) is 0 Å². The van der Waals surface area contributed by atoms with Gasteiger partial charge in [-0.15, -0.1) is 11.3 Å². The van der Waals surface area contributed by atoms with E-state index in [0.717, 1.165) is 22.9 Å². The molecule has 0 atom stereocenters. The average Bonchev–Trinajstić information content (AvgIpc) is 2.88. The summed E-state index contributed by atoms with van der Waals surface area (Å²) < 4.78 is 13.6. The van der Waals surface area contributed by atoms with Gasteiger partial charge in [-0.05, 0) is 59.1 Å². The number of carbonyl (C=O) groups excluding carboxylic acids is 2. The lowest BCUT2D eigenvalue weighted by Gasteiger charge is -2.07. The highest BCUT2D eigenvalue weighted by Gasteiger charge is 2.15. The minimum absolute atomic E-state index is 0.108. The van der Waals surface area contributed by atoms with Crippen LogP contribution in [0.25, 0.3) is 0 Å². The molecule has 2 N–H and O–H groups in total. The summed E-state index contributed by atoms with van der Waals surface area (Å²) in [4.78, 5) is 25.6. The van der Waals surface area contributed by atoms with E-state index in [2.05, 4.69) is 26.8 Å². The first-order valence-electron chi connectivity index (χ1n) is 6.57. The van der Waals surface area contributed by atoms with E-state index in [1.165, 1.54) is 23.5 Å². The van der Waals surface area contributed by atoms with Crippen molar-refractivity contribution in [1.82, 2.24) is 10.9 Å². The van der Waals surface area contributed by atoms with Gasteiger partial charge in [-0.3, -0.25) is 20.4 Å². The third-order valence-corrected chi connectivity index (χ3v) is 5.10. The maximum Gasteiger partial charge on any atom is 0.279 e. The molecule has 22 heavy (non-hydrogen) atoms. The summed E-state index contributed by atoms with van der Waals surface area (Å²) in [5, 5.41) is 0. The van der Waals surface area contributed by atoms with Crippen LogP contribution in [0.4, 0.5) is 4.39 Å². The minimum Gasteiger partial charge on any atom is -0.267 e. The molecule has 4 nitrogen and oxygen atoms in total. The van der Waals surface area contributed by atoms with Crippen LogP contribution in [0.1, 0.15) is 37.4 Å². The quantitative estimate of drug-likeness (QED) is 0.794. The molecule has 2 aromatic rings. The molecule has 1 aromatic heterocycles. The number of aryl methyl sites for hydroxylation is 2. The van der Waals surface area contributed by atoms with Gasteiger partial charge in [-0.25, -0.2) is 4.39 Å². The number of nitrogens with one attached hydrogen (secondary N) is 2. The van der Waals surface area contributed by atoms with E-state index in [1.54, 1.807) is 6.07 Å². The van der Waals surface area contributed by atoms with Crippen LogP contribution in [0.15, 0.2) is 28.7 Å². The summed E-state index contributed by atoms with van der Waals surface area (Å²) in [5.41, 5.74) is 5.78. The van der Waals surface area contributed by atoms with Crippen LogP contribution in [-0.4, -0.2) is 11.8 Å². The number of hydrogen-bond donors (Lipinski definition) is 2. The number of benzene rings is 1. The summed E-state index contributed by atoms with van der Waals surface area (Å²) in [6, 6.07) is 5.54. The molecule has 7 heteroatoms. The predicted molar refractivity (Wildman–Crippen MR) is 87.5 cm³/mol. The number of hydrazine groups is 1. The van der Waals surface area contributed by atoms with Crippen molar-refractivity contribution in [2.45, 2.75) is 20.3 Å². The zero-order chi connectivity index (χ0) is 16.3. The first-order chi connectivity index (χ1) is 10.4. The molecule has 0 spiro atoms. The second-order valence-corrected chi connectivity index (χ2v) is 6.59. The molecule has 1 aromatic carbocycles. The largest absolute Gasteiger partial charge is 0.279 e. The zero-order valence-electron chi connectivity index (χ0n) is 12.0. The molecule has 2 rings (SSSR count). The monoisotopic (exact) mass is 384 g/mol. The standard InChI is InChI=1S/C15H14BrFN2O2S/c1-3-12-8(2)6-13(22-12)15(21)19-18-14(20)10-7-9(17)4-5-11(10)16/h4-7H,3H2,1-2H3,(H,18,20)(H,19,21). The summed E-state index contributed by atoms with van der Waals surface area (Å²) in [5.74, 6) is -1.52. The van der Waals surface area contributed by atoms with Crippen LogP contribution in [0, 0.1) is 12.7 Å². The molecular formula is C15H14BrFN2O2S. The molecule has 0 fully saturated rings. The van der Waals surface area contributed by atoms with Crippen molar-refractivity contribution < 1.29 is 14.0 Å². The van der Waals surface area contributed by atoms with Gasteiger partial charge < -0.3 is 0 Å². The van der Waals surface area contributed by atoms with Crippen molar-refractivity contribution in [2.24, 2.45) is 0 Å². The fourth-order valence-corrected chi connectivity index (χ4v) is 3.33. The highest BCUT2D eigenvalue weighted by molar-refractivity contribution is 9.10. The van der Waals surface area contributed by atoms with Gasteiger partial charge in [0, 0.05) is 9.35 Å². The molecule has 0 aliphatic carbocycles. The van der Waals surface area contributed by atoms with Gasteiger partial charge in [-0.1, -0.05) is 6.92 Å². The van der Waals surface area contributed by atoms with Crippen LogP contribution in [-0.2, 0) is 6.42 Å². The molecule has 2 amide bonds. The summed E-state index contributed by atoms with van der Waals surface area (Å²) >= 11 is 4.56. The molecule has 116 valence electrons. The Morgan fingerprint density at radius 3 is 2.55 bits per heavy atom. The van der Waals surface area contributed by atoms with Crippen LogP contribution in [0.5, 0.6) is 0 Å². The third-order valence-electron chi connectivity index (χ3n) is 3.03. The van der Waals surface area contributed by atoms with Gasteiger partial charge in [0.15, 0.2) is 0 Å². The van der Waals surface area contributed by atoms with Gasteiger partial charge in [0.25, 0.3) is 11.8 Å². The number of thiophene rings is 1. The lowest BCUT2D eigenvalue weighted by Crippen LogP contribution is -2.41. The third kappa shape index (κ3) is 3.72. The highest BCUT2D eigenvalue weighted by atomic mass is 79.9. The fraction of sp³-hybridized carbons (Fsp3) is 0.200. The molecule has 0 saturated carbocycles. The van der Waals surface area contributed by atoms with E-state index < -0.39 is 17.6 Å². The Labute approximate surface area is 139 Å². The highest BCUT2D eigenvalue weighted by Crippen LogP contribution is 2.22. The van der Waals surface area contributed by atoms with E-state index in [1.807, 2.05) is 13.8 Å². The second-order valence-electron chi connectivity index (χ2n) is 4.60. The van der Waals surface area contributed by atoms with E-state index >= 15 is 0 Å². The molecule has 0 radical (unpaired) electrons. The lowest BCUT2D eigenvalue weighted by molar-refractivity contribution is 0.0848. The average molecular weight is 385 g/mol. The Morgan fingerprint density at radius 1 is 1.23 bits per heavy atom. The van der Waals surface area contributed by atoms with E-state index in [0.29, 0.717) is 9.35 Å². The molecule has 1 heterocycles. The fourth-order valence-electron chi connectivity index (χ4n) is 1.90. The Bertz CT molecular complexity index is 730. The summed E-state index contributed by atoms with van der Waals surface area (Å²) in [6.07, 6.45) is 0.854. The maximum atomic E-state index is 13.2. The Morgan fingerprint density at radius 2 is 1.91 bits per heavy atom. The molecule has 0 bridgehead atoms. The van der Waals surface area contributed by atoms with Crippen molar-refractivity contribution in [3.63, 3.8) is 0 Å². The van der Waals surface area contributed by atoms with Crippen molar-refractivity contribution in [3.8, 4) is 0 Å². The minimum atomic E-state index is -0.594. The number of amides is 2. The van der Waals surface area contributed by atoms with Crippen molar-refractivity contribution >= 4 is 39.1 Å². The first-order valence-corrected chi connectivity index (χ1v) is 8.18. The first kappa shape index (κ1) is 16.6. The molecule has 0 unspecified atom stereocenters. The number of halogens is 2. The number of carbonyl (C=O) groups is 2. The van der Waals surface area contributed by atoms with Gasteiger partial charge >= 0.3 is 0 Å². The molecule has 0 saturated heterocycles. The second kappa shape index (κ2) is 7.02. The smallest absolute Gasteiger partial charge is 0.267 e. The lowest BCUT2D eigenvalue weighted by atomic mass is 10.2. The van der Waals surface area contributed by atoms with Crippen molar-refractivity contribution in [2.75, 3.05) is 0 Å². The van der Waals surface area contributed by atoms with Crippen molar-refractivity contribution in [3.05, 3.63) is 55.4 Å². The van der Waals surface area contributed by atoms with Crippen LogP contribution in [0.2, 0.25) is 0 Å². The van der Waals surface area contributed by atoms with E-state index in [-0.39, 0.29) is 5.56 Å². The number of rotatable bonds is 3. The van der Waals surface area contributed by atoms with Gasteiger partial charge in [0.05, 0.1) is 10.4 Å². The van der Waals surface area contributed by atoms with Gasteiger partial charge in [0.1, 0.15) is 5.82 Å². The van der Waals surface area contributed by atoms with Gasteiger partial charge in [-0.2, -0.15) is 0 Å². The molecular weight excluding hydrogens is 371 g/mol. The predicted octanol–water partition coefficient (Wildman–Crippen LogP) is 3.60.